The Morgan fingerprint density at radius 3 is 2.93 bits per heavy atom. The predicted octanol–water partition coefficient (Wildman–Crippen LogP) is 1.64. The van der Waals surface area contributed by atoms with Gasteiger partial charge in [0.2, 0.25) is 5.88 Å². The summed E-state index contributed by atoms with van der Waals surface area (Å²) in [6, 6.07) is 3.96. The third-order valence-corrected chi connectivity index (χ3v) is 2.45. The van der Waals surface area contributed by atoms with Gasteiger partial charge >= 0.3 is 0 Å². The average Bonchev–Trinajstić information content (AvgIpc) is 2.98. The summed E-state index contributed by atoms with van der Waals surface area (Å²) in [6.45, 7) is 3.25. The molecule has 1 aliphatic rings. The van der Waals surface area contributed by atoms with Gasteiger partial charge in [-0.3, -0.25) is 0 Å². The number of aromatic nitrogens is 1. The van der Waals surface area contributed by atoms with Crippen LogP contribution in [0.1, 0.15) is 24.1 Å². The number of hydrogen-bond donors (Lipinski definition) is 1. The molecule has 14 heavy (non-hydrogen) atoms. The first-order chi connectivity index (χ1) is 6.79. The second-order valence-electron chi connectivity index (χ2n) is 3.88. The zero-order valence-corrected chi connectivity index (χ0v) is 8.49. The van der Waals surface area contributed by atoms with Crippen LogP contribution in [0.5, 0.6) is 5.88 Å². The topological polar surface area (TPSA) is 48.1 Å². The Balaban J connectivity index is 2.07. The molecule has 76 valence electrons. The highest BCUT2D eigenvalue weighted by Gasteiger charge is 2.22. The van der Waals surface area contributed by atoms with Crippen LogP contribution < -0.4 is 10.5 Å². The van der Waals surface area contributed by atoms with Gasteiger partial charge in [-0.05, 0) is 31.7 Å². The van der Waals surface area contributed by atoms with Gasteiger partial charge in [0, 0.05) is 17.8 Å². The summed E-state index contributed by atoms with van der Waals surface area (Å²) in [5, 5.41) is 0. The molecule has 1 saturated carbocycles. The third kappa shape index (κ3) is 2.23. The van der Waals surface area contributed by atoms with Gasteiger partial charge in [0.25, 0.3) is 0 Å². The Hall–Kier alpha value is -1.09. The smallest absolute Gasteiger partial charge is 0.218 e. The molecule has 1 fully saturated rings. The van der Waals surface area contributed by atoms with Crippen LogP contribution in [0.15, 0.2) is 12.1 Å². The average molecular weight is 192 g/mol. The van der Waals surface area contributed by atoms with Crippen LogP contribution in [0.2, 0.25) is 0 Å². The second kappa shape index (κ2) is 3.96. The molecule has 0 radical (unpaired) electrons. The molecule has 0 amide bonds. The van der Waals surface area contributed by atoms with Gasteiger partial charge in [0.05, 0.1) is 6.61 Å². The van der Waals surface area contributed by atoms with Crippen LogP contribution in [-0.4, -0.2) is 11.6 Å². The first-order valence-electron chi connectivity index (χ1n) is 5.09. The van der Waals surface area contributed by atoms with Gasteiger partial charge in [-0.15, -0.1) is 0 Å². The van der Waals surface area contributed by atoms with Crippen molar-refractivity contribution in [2.75, 3.05) is 6.61 Å². The molecule has 1 aromatic rings. The van der Waals surface area contributed by atoms with Crippen molar-refractivity contribution >= 4 is 0 Å². The molecule has 1 aromatic heterocycles. The van der Waals surface area contributed by atoms with E-state index in [0.29, 0.717) is 6.54 Å². The van der Waals surface area contributed by atoms with Crippen LogP contribution in [0.3, 0.4) is 0 Å². The van der Waals surface area contributed by atoms with E-state index in [1.54, 1.807) is 0 Å². The van der Waals surface area contributed by atoms with Gasteiger partial charge in [-0.1, -0.05) is 6.07 Å². The van der Waals surface area contributed by atoms with Gasteiger partial charge < -0.3 is 10.5 Å². The Kier molecular flexibility index (Phi) is 2.68. The number of nitrogens with two attached hydrogens (primary N) is 1. The summed E-state index contributed by atoms with van der Waals surface area (Å²) in [7, 11) is 0. The molecule has 0 atom stereocenters. The third-order valence-electron chi connectivity index (χ3n) is 2.45. The van der Waals surface area contributed by atoms with E-state index < -0.39 is 0 Å². The maximum Gasteiger partial charge on any atom is 0.218 e. The summed E-state index contributed by atoms with van der Waals surface area (Å²) >= 11 is 0. The maximum absolute atomic E-state index is 5.64. The minimum absolute atomic E-state index is 0.493. The van der Waals surface area contributed by atoms with Crippen molar-refractivity contribution in [1.29, 1.82) is 0 Å². The quantitative estimate of drug-likeness (QED) is 0.788. The van der Waals surface area contributed by atoms with E-state index in [1.807, 2.05) is 19.1 Å². The fraction of sp³-hybridized carbons (Fsp3) is 0.545. The Morgan fingerprint density at radius 1 is 1.50 bits per heavy atom. The molecule has 1 heterocycles. The molecule has 0 bridgehead atoms. The normalized spacial score (nSPS) is 15.6. The molecule has 0 spiro atoms. The first kappa shape index (κ1) is 9.46. The molecule has 1 aliphatic carbocycles. The van der Waals surface area contributed by atoms with Crippen LogP contribution in [0.25, 0.3) is 0 Å². The van der Waals surface area contributed by atoms with Crippen molar-refractivity contribution in [3.63, 3.8) is 0 Å². The van der Waals surface area contributed by atoms with Crippen LogP contribution in [0, 0.1) is 12.8 Å². The van der Waals surface area contributed by atoms with Crippen molar-refractivity contribution in [2.45, 2.75) is 26.3 Å². The minimum Gasteiger partial charge on any atom is -0.477 e. The van der Waals surface area contributed by atoms with Gasteiger partial charge in [-0.2, -0.15) is 0 Å². The zero-order chi connectivity index (χ0) is 9.97. The fourth-order valence-electron chi connectivity index (χ4n) is 1.32. The minimum atomic E-state index is 0.493. The zero-order valence-electron chi connectivity index (χ0n) is 8.49. The molecule has 3 heteroatoms. The van der Waals surface area contributed by atoms with Crippen molar-refractivity contribution in [2.24, 2.45) is 11.7 Å². The lowest BCUT2D eigenvalue weighted by atomic mass is 10.2. The number of pyridine rings is 1. The Morgan fingerprint density at radius 2 is 2.29 bits per heavy atom. The highest BCUT2D eigenvalue weighted by atomic mass is 16.5. The van der Waals surface area contributed by atoms with Crippen LogP contribution in [-0.2, 0) is 6.54 Å². The van der Waals surface area contributed by atoms with E-state index in [4.69, 9.17) is 10.5 Å². The molecular formula is C11H16N2O. The molecular weight excluding hydrogens is 176 g/mol. The summed E-state index contributed by atoms with van der Waals surface area (Å²) in [5.41, 5.74) is 7.58. The summed E-state index contributed by atoms with van der Waals surface area (Å²) < 4.78 is 5.64. The lowest BCUT2D eigenvalue weighted by Gasteiger charge is -2.09. The maximum atomic E-state index is 5.64. The lowest BCUT2D eigenvalue weighted by molar-refractivity contribution is 0.285. The molecule has 2 N–H and O–H groups in total. The van der Waals surface area contributed by atoms with Crippen molar-refractivity contribution < 1.29 is 4.74 Å². The molecule has 2 rings (SSSR count). The molecule has 0 aliphatic heterocycles. The molecule has 0 unspecified atom stereocenters. The number of ether oxygens (including phenoxy) is 1. The van der Waals surface area contributed by atoms with E-state index in [1.165, 1.54) is 12.8 Å². The highest BCUT2D eigenvalue weighted by molar-refractivity contribution is 5.27. The fourth-order valence-corrected chi connectivity index (χ4v) is 1.32. The molecule has 3 nitrogen and oxygen atoms in total. The van der Waals surface area contributed by atoms with Gasteiger partial charge in [-0.25, -0.2) is 4.98 Å². The summed E-state index contributed by atoms with van der Waals surface area (Å²) in [5.74, 6) is 1.47. The lowest BCUT2D eigenvalue weighted by Crippen LogP contribution is -2.07. The van der Waals surface area contributed by atoms with E-state index in [2.05, 4.69) is 4.98 Å². The van der Waals surface area contributed by atoms with Gasteiger partial charge in [0.1, 0.15) is 0 Å². The van der Waals surface area contributed by atoms with Gasteiger partial charge in [0.15, 0.2) is 0 Å². The second-order valence-corrected chi connectivity index (χ2v) is 3.88. The van der Waals surface area contributed by atoms with Crippen LogP contribution >= 0.6 is 0 Å². The van der Waals surface area contributed by atoms with E-state index >= 15 is 0 Å². The number of rotatable bonds is 4. The van der Waals surface area contributed by atoms with Crippen molar-refractivity contribution in [3.8, 4) is 5.88 Å². The largest absolute Gasteiger partial charge is 0.477 e. The van der Waals surface area contributed by atoms with Crippen LogP contribution in [0.4, 0.5) is 0 Å². The highest BCUT2D eigenvalue weighted by Crippen LogP contribution is 2.29. The molecule has 0 aromatic carbocycles. The number of hydrogen-bond acceptors (Lipinski definition) is 3. The Labute approximate surface area is 84.3 Å². The monoisotopic (exact) mass is 192 g/mol. The number of nitrogens with zero attached hydrogens (tertiary/aromatic N) is 1. The van der Waals surface area contributed by atoms with E-state index in [9.17, 15) is 0 Å². The summed E-state index contributed by atoms with van der Waals surface area (Å²) in [4.78, 5) is 4.34. The number of aryl methyl sites for hydroxylation is 1. The standard InChI is InChI=1S/C11H16N2O/c1-8-2-5-10(6-12)11(13-8)14-7-9-3-4-9/h2,5,9H,3-4,6-7,12H2,1H3. The van der Waals surface area contributed by atoms with E-state index in [-0.39, 0.29) is 0 Å². The predicted molar refractivity (Wildman–Crippen MR) is 55.1 cm³/mol. The first-order valence-corrected chi connectivity index (χ1v) is 5.09. The van der Waals surface area contributed by atoms with Crippen molar-refractivity contribution in [1.82, 2.24) is 4.98 Å². The van der Waals surface area contributed by atoms with Crippen molar-refractivity contribution in [3.05, 3.63) is 23.4 Å². The Bertz CT molecular complexity index is 321. The SMILES string of the molecule is Cc1ccc(CN)c(OCC2CC2)n1. The summed E-state index contributed by atoms with van der Waals surface area (Å²) in [6.07, 6.45) is 2.59. The van der Waals surface area contributed by atoms with E-state index in [0.717, 1.165) is 29.7 Å². The molecule has 0 saturated heterocycles.